The van der Waals surface area contributed by atoms with E-state index < -0.39 is 23.1 Å². The van der Waals surface area contributed by atoms with Gasteiger partial charge in [-0.3, -0.25) is 9.18 Å². The summed E-state index contributed by atoms with van der Waals surface area (Å²) in [5.41, 5.74) is -0.494. The molecule has 4 rings (SSSR count). The summed E-state index contributed by atoms with van der Waals surface area (Å²) < 4.78 is 48.5. The van der Waals surface area contributed by atoms with Crippen LogP contribution in [0.3, 0.4) is 0 Å². The quantitative estimate of drug-likeness (QED) is 0.299. The second kappa shape index (κ2) is 13.4. The van der Waals surface area contributed by atoms with Gasteiger partial charge in [0.1, 0.15) is 0 Å². The predicted molar refractivity (Wildman–Crippen MR) is 130 cm³/mol. The number of carbonyl (C=O) groups is 2. The van der Waals surface area contributed by atoms with E-state index in [1.165, 1.54) is 5.56 Å². The summed E-state index contributed by atoms with van der Waals surface area (Å²) in [5.74, 6) is -0.122. The Labute approximate surface area is 235 Å². The standard InChI is InChI=1S/C20H27N2O2.C8H3F4O.Nb/c1-15(2)12-19(24)22-10-8-20(9-11-22)13-18(23)21-14-17(20)16-6-4-3-5-7-16;9-7-2-1-6(8(10,11)12)3-5(7)4-13;/h3-7,12,15,17H,8-11,13-14H2,1-2H3,(H,21,23);1-3H;/q2*-1;+2. The van der Waals surface area contributed by atoms with Crippen LogP contribution < -0.4 is 5.32 Å². The molecule has 10 heteroatoms. The number of alkyl halides is 3. The maximum Gasteiger partial charge on any atom is 2.00 e. The average Bonchev–Trinajstić information content (AvgIpc) is 2.84. The summed E-state index contributed by atoms with van der Waals surface area (Å²) in [6.45, 7) is 6.26. The van der Waals surface area contributed by atoms with E-state index >= 15 is 0 Å². The summed E-state index contributed by atoms with van der Waals surface area (Å²) in [7, 11) is 0. The summed E-state index contributed by atoms with van der Waals surface area (Å²) in [4.78, 5) is 36.3. The van der Waals surface area contributed by atoms with Crippen LogP contribution in [-0.2, 0) is 42.9 Å². The number of benzene rings is 2. The Morgan fingerprint density at radius 1 is 1.13 bits per heavy atom. The van der Waals surface area contributed by atoms with Gasteiger partial charge >= 0.3 is 28.6 Å². The Hall–Kier alpha value is -2.62. The summed E-state index contributed by atoms with van der Waals surface area (Å²) in [5, 5.41) is 3.04. The van der Waals surface area contributed by atoms with Crippen LogP contribution in [0.5, 0.6) is 0 Å². The summed E-state index contributed by atoms with van der Waals surface area (Å²) >= 11 is 0. The Bertz CT molecular complexity index is 1100. The van der Waals surface area contributed by atoms with Crippen LogP contribution in [0.1, 0.15) is 55.7 Å². The molecule has 1 unspecified atom stereocenters. The molecule has 2 aliphatic heterocycles. The third-order valence-corrected chi connectivity index (χ3v) is 6.91. The summed E-state index contributed by atoms with van der Waals surface area (Å²) in [6.07, 6.45) is 0.677. The Kier molecular flexibility index (Phi) is 11.2. The minimum absolute atomic E-state index is 0. The molecule has 2 aliphatic rings. The third kappa shape index (κ3) is 7.94. The zero-order chi connectivity index (χ0) is 27.2. The third-order valence-electron chi connectivity index (χ3n) is 6.91. The van der Waals surface area contributed by atoms with E-state index in [-0.39, 0.29) is 45.5 Å². The van der Waals surface area contributed by atoms with Gasteiger partial charge in [-0.2, -0.15) is 19.1 Å². The first-order valence-electron chi connectivity index (χ1n) is 12.2. The Balaban J connectivity index is 0.000000309. The minimum atomic E-state index is -4.57. The minimum Gasteiger partial charge on any atom is -0.376 e. The fraction of sp³-hybridized carbons (Fsp3) is 0.429. The van der Waals surface area contributed by atoms with Crippen LogP contribution in [0.2, 0.25) is 0 Å². The van der Waals surface area contributed by atoms with Gasteiger partial charge in [0.15, 0.2) is 0 Å². The van der Waals surface area contributed by atoms with Gasteiger partial charge in [0.25, 0.3) is 0 Å². The molecule has 1 N–H and O–H groups in total. The Morgan fingerprint density at radius 3 is 2.32 bits per heavy atom. The van der Waals surface area contributed by atoms with Crippen LogP contribution in [-0.4, -0.2) is 42.6 Å². The van der Waals surface area contributed by atoms with Gasteiger partial charge < -0.3 is 26.2 Å². The molecule has 2 saturated heterocycles. The molecule has 38 heavy (non-hydrogen) atoms. The summed E-state index contributed by atoms with van der Waals surface area (Å²) in [6, 6.07) is 12.1. The van der Waals surface area contributed by atoms with E-state index in [0.717, 1.165) is 32.2 Å². The molecule has 2 heterocycles. The molecule has 0 saturated carbocycles. The van der Waals surface area contributed by atoms with Crippen LogP contribution in [0.25, 0.3) is 0 Å². The number of hydrogen-bond acceptors (Lipinski definition) is 3. The van der Waals surface area contributed by atoms with E-state index in [1.54, 1.807) is 6.42 Å². The van der Waals surface area contributed by atoms with Crippen LogP contribution >= 0.6 is 0 Å². The smallest absolute Gasteiger partial charge is 0.376 e. The number of halogens is 4. The first-order chi connectivity index (χ1) is 17.4. The SMILES string of the molecule is CC(C)[CH-]C(=O)N1CCC2(CC1)CC(=O)NCC2c1ccccc1.O=[C-]c1cc(C(F)(F)F)ccc1F.[Nb+2]. The topological polar surface area (TPSA) is 66.5 Å². The number of rotatable bonds is 4. The molecular weight excluding hydrogens is 581 g/mol. The maximum absolute atomic E-state index is 12.5. The molecule has 0 aromatic heterocycles. The second-order valence-corrected chi connectivity index (χ2v) is 9.84. The number of nitrogens with one attached hydrogen (secondary N) is 1. The molecular formula is C28H30F4N2NbO3. The molecule has 5 nitrogen and oxygen atoms in total. The van der Waals surface area contributed by atoms with Crippen LogP contribution in [0.4, 0.5) is 17.6 Å². The van der Waals surface area contributed by atoms with Crippen LogP contribution in [0.15, 0.2) is 48.5 Å². The van der Waals surface area contributed by atoms with Crippen molar-refractivity contribution in [1.29, 1.82) is 0 Å². The zero-order valence-corrected chi connectivity index (χ0v) is 23.4. The molecule has 203 valence electrons. The van der Waals surface area contributed by atoms with Crippen LogP contribution in [0, 0.1) is 23.6 Å². The number of nitrogens with zero attached hydrogens (tertiary/aromatic N) is 1. The largest absolute Gasteiger partial charge is 2.00 e. The molecule has 2 aromatic rings. The fourth-order valence-corrected chi connectivity index (χ4v) is 4.96. The van der Waals surface area contributed by atoms with Crippen molar-refractivity contribution in [2.75, 3.05) is 19.6 Å². The predicted octanol–water partition coefficient (Wildman–Crippen LogP) is 5.06. The number of carbonyl (C=O) groups excluding carboxylic acids is 3. The number of amides is 2. The van der Waals surface area contributed by atoms with E-state index in [2.05, 4.69) is 29.6 Å². The van der Waals surface area contributed by atoms with Gasteiger partial charge in [0.2, 0.25) is 5.91 Å². The molecule has 1 radical (unpaired) electrons. The van der Waals surface area contributed by atoms with Crippen molar-refractivity contribution < 1.29 is 54.3 Å². The molecule has 1 atom stereocenters. The van der Waals surface area contributed by atoms with Gasteiger partial charge in [-0.1, -0.05) is 56.3 Å². The fourth-order valence-electron chi connectivity index (χ4n) is 4.96. The van der Waals surface area contributed by atoms with E-state index in [1.807, 2.05) is 24.8 Å². The molecule has 2 aromatic carbocycles. The van der Waals surface area contributed by atoms with Gasteiger partial charge in [-0.05, 0) is 29.4 Å². The number of piperidine rings is 2. The van der Waals surface area contributed by atoms with E-state index in [9.17, 15) is 31.9 Å². The van der Waals surface area contributed by atoms with Crippen molar-refractivity contribution in [2.45, 2.75) is 45.2 Å². The van der Waals surface area contributed by atoms with Gasteiger partial charge in [0, 0.05) is 37.8 Å². The van der Waals surface area contributed by atoms with Gasteiger partial charge in [-0.25, -0.2) is 0 Å². The first kappa shape index (κ1) is 31.6. The maximum atomic E-state index is 12.5. The second-order valence-electron chi connectivity index (χ2n) is 9.84. The molecule has 0 bridgehead atoms. The van der Waals surface area contributed by atoms with Crippen molar-refractivity contribution in [2.24, 2.45) is 11.3 Å². The van der Waals surface area contributed by atoms with Crippen molar-refractivity contribution in [3.05, 3.63) is 77.5 Å². The molecule has 0 aliphatic carbocycles. The van der Waals surface area contributed by atoms with Crippen molar-refractivity contribution in [1.82, 2.24) is 10.2 Å². The van der Waals surface area contributed by atoms with Crippen molar-refractivity contribution in [3.8, 4) is 0 Å². The van der Waals surface area contributed by atoms with E-state index in [0.29, 0.717) is 37.1 Å². The number of likely N-dealkylation sites (tertiary alicyclic amines) is 1. The van der Waals surface area contributed by atoms with Crippen molar-refractivity contribution >= 4 is 18.1 Å². The first-order valence-corrected chi connectivity index (χ1v) is 12.2. The molecule has 2 fully saturated rings. The van der Waals surface area contributed by atoms with Gasteiger partial charge in [-0.15, -0.1) is 11.6 Å². The zero-order valence-electron chi connectivity index (χ0n) is 21.2. The normalized spacial score (nSPS) is 18.6. The molecule has 1 spiro atoms. The monoisotopic (exact) mass is 611 g/mol. The van der Waals surface area contributed by atoms with Crippen molar-refractivity contribution in [3.63, 3.8) is 0 Å². The van der Waals surface area contributed by atoms with Gasteiger partial charge in [0.05, 0.1) is 12.2 Å². The molecule has 2 amide bonds. The van der Waals surface area contributed by atoms with E-state index in [4.69, 9.17) is 0 Å². The number of hydrogen-bond donors (Lipinski definition) is 1. The Morgan fingerprint density at radius 2 is 1.76 bits per heavy atom. The average molecular weight is 611 g/mol.